The zero-order valence-corrected chi connectivity index (χ0v) is 15.0. The Balaban J connectivity index is 1.40. The Morgan fingerprint density at radius 2 is 2.11 bits per heavy atom. The molecule has 0 radical (unpaired) electrons. The van der Waals surface area contributed by atoms with Crippen molar-refractivity contribution < 1.29 is 14.6 Å². The van der Waals surface area contributed by atoms with Gasteiger partial charge in [-0.15, -0.1) is 5.10 Å². The Bertz CT molecular complexity index is 918. The van der Waals surface area contributed by atoms with Gasteiger partial charge in [-0.1, -0.05) is 35.5 Å². The lowest BCUT2D eigenvalue weighted by Gasteiger charge is -2.21. The van der Waals surface area contributed by atoms with Crippen molar-refractivity contribution in [3.05, 3.63) is 61.1 Å². The van der Waals surface area contributed by atoms with E-state index < -0.39 is 24.3 Å². The molecule has 0 aliphatic carbocycles. The van der Waals surface area contributed by atoms with Crippen LogP contribution in [0.3, 0.4) is 0 Å². The number of hydrogen-bond donors (Lipinski definition) is 3. The van der Waals surface area contributed by atoms with Crippen LogP contribution in [0.1, 0.15) is 0 Å². The quantitative estimate of drug-likeness (QED) is 0.615. The van der Waals surface area contributed by atoms with Gasteiger partial charge in [0.2, 0.25) is 0 Å². The van der Waals surface area contributed by atoms with Crippen LogP contribution in [0.15, 0.2) is 61.1 Å². The number of benzene rings is 1. The molecule has 1 aliphatic heterocycles. The van der Waals surface area contributed by atoms with E-state index >= 15 is 0 Å². The molecular weight excluding hydrogens is 360 g/mol. The number of ether oxygens (including phenoxy) is 1. The van der Waals surface area contributed by atoms with Crippen LogP contribution in [-0.4, -0.2) is 56.0 Å². The van der Waals surface area contributed by atoms with Gasteiger partial charge in [-0.2, -0.15) is 0 Å². The Morgan fingerprint density at radius 1 is 1.25 bits per heavy atom. The molecule has 4 rings (SSSR count). The summed E-state index contributed by atoms with van der Waals surface area (Å²) in [5.41, 5.74) is 2.28. The van der Waals surface area contributed by atoms with Crippen LogP contribution < -0.4 is 10.6 Å². The fourth-order valence-electron chi connectivity index (χ4n) is 3.10. The lowest BCUT2D eigenvalue weighted by Crippen LogP contribution is -2.49. The topological polar surface area (TPSA) is 114 Å². The van der Waals surface area contributed by atoms with Crippen LogP contribution in [0.5, 0.6) is 0 Å². The Hall–Kier alpha value is -3.30. The molecular formula is C19H20N6O3. The predicted octanol–water partition coefficient (Wildman–Crippen LogP) is 1.29. The van der Waals surface area contributed by atoms with Gasteiger partial charge in [0, 0.05) is 11.8 Å². The molecule has 0 bridgehead atoms. The molecule has 144 valence electrons. The number of nitrogens with zero attached hydrogens (tertiary/aromatic N) is 4. The molecule has 0 saturated carbocycles. The summed E-state index contributed by atoms with van der Waals surface area (Å²) in [7, 11) is 0. The largest absolute Gasteiger partial charge is 0.388 e. The third kappa shape index (κ3) is 4.16. The molecule has 0 unspecified atom stereocenters. The number of pyridine rings is 1. The highest BCUT2D eigenvalue weighted by molar-refractivity contribution is 5.89. The van der Waals surface area contributed by atoms with E-state index in [1.807, 2.05) is 36.5 Å². The van der Waals surface area contributed by atoms with Crippen LogP contribution in [0.2, 0.25) is 0 Å². The minimum Gasteiger partial charge on any atom is -0.388 e. The van der Waals surface area contributed by atoms with E-state index in [0.717, 1.165) is 11.3 Å². The van der Waals surface area contributed by atoms with Crippen molar-refractivity contribution in [3.8, 4) is 11.3 Å². The van der Waals surface area contributed by atoms with Crippen molar-refractivity contribution in [2.75, 3.05) is 11.9 Å². The number of anilines is 1. The zero-order chi connectivity index (χ0) is 19.3. The van der Waals surface area contributed by atoms with Gasteiger partial charge in [0.1, 0.15) is 17.9 Å². The lowest BCUT2D eigenvalue weighted by molar-refractivity contribution is 0.0748. The van der Waals surface area contributed by atoms with Gasteiger partial charge in [-0.3, -0.25) is 4.98 Å². The molecule has 1 fully saturated rings. The first-order chi connectivity index (χ1) is 13.7. The van der Waals surface area contributed by atoms with E-state index in [2.05, 4.69) is 25.9 Å². The van der Waals surface area contributed by atoms with Crippen LogP contribution in [0, 0.1) is 0 Å². The van der Waals surface area contributed by atoms with Crippen molar-refractivity contribution >= 4 is 11.7 Å². The standard InChI is InChI=1S/C19H20N6O3/c26-16-12-28-17(18(16)22-19(27)21-14-7-4-8-20-9-14)11-25-10-15(23-24-25)13-5-2-1-3-6-13/h1-10,16-18,26H,11-12H2,(H2,21,22,27)/t16-,17+,18+/m0/s1. The fraction of sp³-hybridized carbons (Fsp3) is 0.263. The van der Waals surface area contributed by atoms with Crippen molar-refractivity contribution in [2.24, 2.45) is 0 Å². The molecule has 1 saturated heterocycles. The Labute approximate surface area is 161 Å². The van der Waals surface area contributed by atoms with Crippen LogP contribution in [-0.2, 0) is 11.3 Å². The maximum atomic E-state index is 12.2. The van der Waals surface area contributed by atoms with Crippen LogP contribution in [0.4, 0.5) is 10.5 Å². The number of nitrogens with one attached hydrogen (secondary N) is 2. The molecule has 2 amide bonds. The van der Waals surface area contributed by atoms with E-state index in [-0.39, 0.29) is 6.61 Å². The number of hydrogen-bond acceptors (Lipinski definition) is 6. The second kappa shape index (κ2) is 8.15. The number of carbonyl (C=O) groups is 1. The molecule has 2 aromatic heterocycles. The van der Waals surface area contributed by atoms with Gasteiger partial charge >= 0.3 is 6.03 Å². The molecule has 1 aromatic carbocycles. The number of aliphatic hydroxyl groups is 1. The van der Waals surface area contributed by atoms with E-state index in [1.165, 1.54) is 0 Å². The summed E-state index contributed by atoms with van der Waals surface area (Å²) in [5, 5.41) is 24.0. The van der Waals surface area contributed by atoms with Crippen molar-refractivity contribution in [1.29, 1.82) is 0 Å². The normalized spacial score (nSPS) is 21.4. The maximum absolute atomic E-state index is 12.2. The molecule has 3 N–H and O–H groups in total. The van der Waals surface area contributed by atoms with Gasteiger partial charge in [0.15, 0.2) is 0 Å². The van der Waals surface area contributed by atoms with Crippen molar-refractivity contribution in [1.82, 2.24) is 25.3 Å². The van der Waals surface area contributed by atoms with Crippen LogP contribution >= 0.6 is 0 Å². The SMILES string of the molecule is O=C(Nc1cccnc1)N[C@@H]1[C@@H](O)CO[C@@H]1Cn1cc(-c2ccccc2)nn1. The first-order valence-electron chi connectivity index (χ1n) is 8.92. The molecule has 1 aliphatic rings. The minimum atomic E-state index is -0.804. The third-order valence-electron chi connectivity index (χ3n) is 4.49. The van der Waals surface area contributed by atoms with E-state index in [0.29, 0.717) is 12.2 Å². The number of rotatable bonds is 5. The lowest BCUT2D eigenvalue weighted by atomic mass is 10.1. The summed E-state index contributed by atoms with van der Waals surface area (Å²) in [6, 6.07) is 12.2. The van der Waals surface area contributed by atoms with Gasteiger partial charge in [-0.25, -0.2) is 9.48 Å². The molecule has 3 aromatic rings. The molecule has 9 heteroatoms. The highest BCUT2D eigenvalue weighted by atomic mass is 16.5. The Kier molecular flexibility index (Phi) is 5.27. The summed E-state index contributed by atoms with van der Waals surface area (Å²) in [6.07, 6.45) is 3.74. The van der Waals surface area contributed by atoms with Gasteiger partial charge in [0.25, 0.3) is 0 Å². The first-order valence-corrected chi connectivity index (χ1v) is 8.92. The number of aliphatic hydroxyl groups excluding tert-OH is 1. The fourth-order valence-corrected chi connectivity index (χ4v) is 3.10. The van der Waals surface area contributed by atoms with Crippen LogP contribution in [0.25, 0.3) is 11.3 Å². The van der Waals surface area contributed by atoms with Gasteiger partial charge < -0.3 is 20.5 Å². The molecule has 9 nitrogen and oxygen atoms in total. The van der Waals surface area contributed by atoms with Gasteiger partial charge in [-0.05, 0) is 12.1 Å². The summed E-state index contributed by atoms with van der Waals surface area (Å²) in [6.45, 7) is 0.497. The second-order valence-corrected chi connectivity index (χ2v) is 6.50. The number of carbonyl (C=O) groups excluding carboxylic acids is 1. The monoisotopic (exact) mass is 380 g/mol. The molecule has 3 heterocycles. The number of urea groups is 1. The number of amides is 2. The molecule has 3 atom stereocenters. The van der Waals surface area contributed by atoms with Gasteiger partial charge in [0.05, 0.1) is 37.3 Å². The van der Waals surface area contributed by atoms with E-state index in [4.69, 9.17) is 4.74 Å². The first kappa shape index (κ1) is 18.1. The predicted molar refractivity (Wildman–Crippen MR) is 101 cm³/mol. The number of aromatic nitrogens is 4. The minimum absolute atomic E-state index is 0.142. The average molecular weight is 380 g/mol. The highest BCUT2D eigenvalue weighted by Gasteiger charge is 2.37. The summed E-state index contributed by atoms with van der Waals surface area (Å²) >= 11 is 0. The molecule has 0 spiro atoms. The average Bonchev–Trinajstić information content (AvgIpc) is 3.32. The third-order valence-corrected chi connectivity index (χ3v) is 4.49. The van der Waals surface area contributed by atoms with E-state index in [1.54, 1.807) is 29.2 Å². The second-order valence-electron chi connectivity index (χ2n) is 6.50. The Morgan fingerprint density at radius 3 is 2.89 bits per heavy atom. The molecule has 28 heavy (non-hydrogen) atoms. The summed E-state index contributed by atoms with van der Waals surface area (Å²) < 4.78 is 7.31. The zero-order valence-electron chi connectivity index (χ0n) is 15.0. The maximum Gasteiger partial charge on any atom is 0.319 e. The smallest absolute Gasteiger partial charge is 0.319 e. The van der Waals surface area contributed by atoms with Crippen molar-refractivity contribution in [2.45, 2.75) is 24.8 Å². The van der Waals surface area contributed by atoms with E-state index in [9.17, 15) is 9.90 Å². The van der Waals surface area contributed by atoms with Crippen molar-refractivity contribution in [3.63, 3.8) is 0 Å². The highest BCUT2D eigenvalue weighted by Crippen LogP contribution is 2.19. The summed E-state index contributed by atoms with van der Waals surface area (Å²) in [4.78, 5) is 16.2. The summed E-state index contributed by atoms with van der Waals surface area (Å²) in [5.74, 6) is 0.